The van der Waals surface area contributed by atoms with E-state index < -0.39 is 0 Å². The fourth-order valence-electron chi connectivity index (χ4n) is 2.84. The van der Waals surface area contributed by atoms with Crippen LogP contribution in [0.4, 0.5) is 0 Å². The van der Waals surface area contributed by atoms with Crippen molar-refractivity contribution in [2.24, 2.45) is 11.7 Å². The van der Waals surface area contributed by atoms with Gasteiger partial charge in [-0.05, 0) is 37.3 Å². The van der Waals surface area contributed by atoms with Crippen LogP contribution in [0.3, 0.4) is 0 Å². The highest BCUT2D eigenvalue weighted by atomic mass is 35.5. The number of amides is 1. The van der Waals surface area contributed by atoms with Crippen LogP contribution in [-0.4, -0.2) is 34.9 Å². The molecule has 1 aromatic heterocycles. The van der Waals surface area contributed by atoms with E-state index in [1.54, 1.807) is 6.20 Å². The van der Waals surface area contributed by atoms with Gasteiger partial charge in [-0.3, -0.25) is 9.78 Å². The molecule has 2 heterocycles. The van der Waals surface area contributed by atoms with Gasteiger partial charge in [0.15, 0.2) is 0 Å². The molecule has 0 radical (unpaired) electrons. The summed E-state index contributed by atoms with van der Waals surface area (Å²) in [6.45, 7) is 3.61. The quantitative estimate of drug-likeness (QED) is 0.925. The Kier molecular flexibility index (Phi) is 6.96. The van der Waals surface area contributed by atoms with Crippen LogP contribution in [0.15, 0.2) is 24.4 Å². The van der Waals surface area contributed by atoms with E-state index in [0.717, 1.165) is 18.7 Å². The number of likely N-dealkylation sites (tertiary alicyclic amines) is 1. The fourth-order valence-corrected chi connectivity index (χ4v) is 2.84. The molecule has 0 aromatic carbocycles. The van der Waals surface area contributed by atoms with Gasteiger partial charge in [0.1, 0.15) is 0 Å². The Hall–Kier alpha value is -1.13. The zero-order valence-electron chi connectivity index (χ0n) is 12.0. The molecule has 0 saturated carbocycles. The van der Waals surface area contributed by atoms with Crippen LogP contribution in [-0.2, 0) is 11.2 Å². The summed E-state index contributed by atoms with van der Waals surface area (Å²) in [4.78, 5) is 18.6. The first-order chi connectivity index (χ1) is 9.22. The van der Waals surface area contributed by atoms with E-state index >= 15 is 0 Å². The Morgan fingerprint density at radius 2 is 2.30 bits per heavy atom. The summed E-state index contributed by atoms with van der Waals surface area (Å²) in [5, 5.41) is 0. The number of hydrogen-bond acceptors (Lipinski definition) is 3. The van der Waals surface area contributed by atoms with Crippen LogP contribution in [0.2, 0.25) is 0 Å². The van der Waals surface area contributed by atoms with Crippen LogP contribution in [0.5, 0.6) is 0 Å². The number of carbonyl (C=O) groups is 1. The zero-order chi connectivity index (χ0) is 13.7. The molecule has 0 spiro atoms. The summed E-state index contributed by atoms with van der Waals surface area (Å²) in [6.07, 6.45) is 5.27. The van der Waals surface area contributed by atoms with Crippen molar-refractivity contribution in [1.82, 2.24) is 9.88 Å². The van der Waals surface area contributed by atoms with Crippen molar-refractivity contribution in [3.8, 4) is 0 Å². The van der Waals surface area contributed by atoms with Gasteiger partial charge in [-0.1, -0.05) is 13.0 Å². The molecule has 2 unspecified atom stereocenters. The van der Waals surface area contributed by atoms with Gasteiger partial charge >= 0.3 is 0 Å². The van der Waals surface area contributed by atoms with E-state index in [1.807, 2.05) is 23.1 Å². The Morgan fingerprint density at radius 1 is 1.50 bits per heavy atom. The van der Waals surface area contributed by atoms with Crippen molar-refractivity contribution < 1.29 is 4.79 Å². The minimum absolute atomic E-state index is 0. The number of hydrogen-bond donors (Lipinski definition) is 1. The molecule has 2 N–H and O–H groups in total. The Balaban J connectivity index is 0.00000200. The number of nitrogens with zero attached hydrogens (tertiary/aromatic N) is 2. The maximum atomic E-state index is 12.3. The lowest BCUT2D eigenvalue weighted by Crippen LogP contribution is -2.51. The van der Waals surface area contributed by atoms with Crippen molar-refractivity contribution in [1.29, 1.82) is 0 Å². The molecule has 2 atom stereocenters. The lowest BCUT2D eigenvalue weighted by molar-refractivity contribution is -0.136. The molecule has 5 heteroatoms. The van der Waals surface area contributed by atoms with Crippen molar-refractivity contribution in [2.75, 3.05) is 13.1 Å². The lowest BCUT2D eigenvalue weighted by Gasteiger charge is -2.39. The van der Waals surface area contributed by atoms with Gasteiger partial charge in [-0.15, -0.1) is 12.4 Å². The zero-order valence-corrected chi connectivity index (χ0v) is 12.8. The first kappa shape index (κ1) is 16.9. The normalized spacial score (nSPS) is 22.2. The molecule has 1 fully saturated rings. The standard InChI is InChI=1S/C15H23N3O.ClH/c1-12-5-4-10-18(14(12)11-16)15(19)8-7-13-6-2-3-9-17-13;/h2-3,6,9,12,14H,4-5,7-8,10-11,16H2,1H3;1H. The van der Waals surface area contributed by atoms with Crippen LogP contribution >= 0.6 is 12.4 Å². The monoisotopic (exact) mass is 297 g/mol. The SMILES string of the molecule is CC1CCCN(C(=O)CCc2ccccn2)C1CN.Cl. The summed E-state index contributed by atoms with van der Waals surface area (Å²) >= 11 is 0. The summed E-state index contributed by atoms with van der Waals surface area (Å²) in [6, 6.07) is 6.03. The lowest BCUT2D eigenvalue weighted by atomic mass is 9.90. The van der Waals surface area contributed by atoms with Gasteiger partial charge in [0.05, 0.1) is 0 Å². The Morgan fingerprint density at radius 3 is 2.95 bits per heavy atom. The Bertz CT molecular complexity index is 413. The topological polar surface area (TPSA) is 59.2 Å². The number of piperidine rings is 1. The van der Waals surface area contributed by atoms with Crippen molar-refractivity contribution in [3.63, 3.8) is 0 Å². The van der Waals surface area contributed by atoms with E-state index in [9.17, 15) is 4.79 Å². The van der Waals surface area contributed by atoms with E-state index in [1.165, 1.54) is 6.42 Å². The number of aryl methyl sites for hydroxylation is 1. The second-order valence-corrected chi connectivity index (χ2v) is 5.33. The Labute approximate surface area is 127 Å². The molecule has 1 aliphatic rings. The van der Waals surface area contributed by atoms with Gasteiger partial charge in [0, 0.05) is 37.4 Å². The molecule has 0 bridgehead atoms. The predicted octanol–water partition coefficient (Wildman–Crippen LogP) is 2.02. The first-order valence-corrected chi connectivity index (χ1v) is 7.12. The largest absolute Gasteiger partial charge is 0.338 e. The maximum Gasteiger partial charge on any atom is 0.223 e. The van der Waals surface area contributed by atoms with Crippen molar-refractivity contribution >= 4 is 18.3 Å². The molecule has 1 aliphatic heterocycles. The highest BCUT2D eigenvalue weighted by Gasteiger charge is 2.30. The molecule has 1 saturated heterocycles. The van der Waals surface area contributed by atoms with Crippen molar-refractivity contribution in [3.05, 3.63) is 30.1 Å². The van der Waals surface area contributed by atoms with Crippen LogP contribution in [0.25, 0.3) is 0 Å². The van der Waals surface area contributed by atoms with Gasteiger partial charge in [-0.2, -0.15) is 0 Å². The van der Waals surface area contributed by atoms with Crippen LogP contribution < -0.4 is 5.73 Å². The van der Waals surface area contributed by atoms with Crippen LogP contribution in [0, 0.1) is 5.92 Å². The van der Waals surface area contributed by atoms with E-state index in [0.29, 0.717) is 25.3 Å². The minimum atomic E-state index is 0. The second kappa shape index (κ2) is 8.22. The fraction of sp³-hybridized carbons (Fsp3) is 0.600. The predicted molar refractivity (Wildman–Crippen MR) is 82.8 cm³/mol. The molecular formula is C15H24ClN3O. The number of nitrogens with two attached hydrogens (primary N) is 1. The van der Waals surface area contributed by atoms with E-state index in [-0.39, 0.29) is 24.4 Å². The minimum Gasteiger partial charge on any atom is -0.338 e. The maximum absolute atomic E-state index is 12.3. The van der Waals surface area contributed by atoms with Gasteiger partial charge < -0.3 is 10.6 Å². The number of pyridine rings is 1. The third-order valence-corrected chi connectivity index (χ3v) is 4.00. The smallest absolute Gasteiger partial charge is 0.223 e. The second-order valence-electron chi connectivity index (χ2n) is 5.33. The molecule has 112 valence electrons. The van der Waals surface area contributed by atoms with Crippen LogP contribution in [0.1, 0.15) is 31.9 Å². The highest BCUT2D eigenvalue weighted by Crippen LogP contribution is 2.23. The van der Waals surface area contributed by atoms with Gasteiger partial charge in [-0.25, -0.2) is 0 Å². The summed E-state index contributed by atoms with van der Waals surface area (Å²) in [5.41, 5.74) is 6.80. The first-order valence-electron chi connectivity index (χ1n) is 7.12. The number of rotatable bonds is 4. The molecule has 2 rings (SSSR count). The third-order valence-electron chi connectivity index (χ3n) is 4.00. The van der Waals surface area contributed by atoms with Crippen molar-refractivity contribution in [2.45, 2.75) is 38.6 Å². The molecule has 4 nitrogen and oxygen atoms in total. The molecule has 1 aromatic rings. The number of carbonyl (C=O) groups excluding carboxylic acids is 1. The molecule has 1 amide bonds. The third kappa shape index (κ3) is 4.18. The average molecular weight is 298 g/mol. The number of aromatic nitrogens is 1. The summed E-state index contributed by atoms with van der Waals surface area (Å²) < 4.78 is 0. The number of halogens is 1. The molecule has 20 heavy (non-hydrogen) atoms. The molecular weight excluding hydrogens is 274 g/mol. The summed E-state index contributed by atoms with van der Waals surface area (Å²) in [5.74, 6) is 0.727. The van der Waals surface area contributed by atoms with Gasteiger partial charge in [0.25, 0.3) is 0 Å². The summed E-state index contributed by atoms with van der Waals surface area (Å²) in [7, 11) is 0. The average Bonchev–Trinajstić information content (AvgIpc) is 2.45. The van der Waals surface area contributed by atoms with E-state index in [2.05, 4.69) is 11.9 Å². The molecule has 0 aliphatic carbocycles. The van der Waals surface area contributed by atoms with Gasteiger partial charge in [0.2, 0.25) is 5.91 Å². The highest BCUT2D eigenvalue weighted by molar-refractivity contribution is 5.85. The van der Waals surface area contributed by atoms with E-state index in [4.69, 9.17) is 5.73 Å².